The minimum absolute atomic E-state index is 0.223. The molecule has 0 aliphatic carbocycles. The summed E-state index contributed by atoms with van der Waals surface area (Å²) in [6.45, 7) is 1.92. The normalized spacial score (nSPS) is 17.8. The number of halogens is 2. The van der Waals surface area contributed by atoms with E-state index in [2.05, 4.69) is 10.9 Å². The van der Waals surface area contributed by atoms with Crippen LogP contribution in [0.4, 0.5) is 4.39 Å². The van der Waals surface area contributed by atoms with E-state index in [9.17, 15) is 4.39 Å². The summed E-state index contributed by atoms with van der Waals surface area (Å²) in [5, 5.41) is 0. The molecule has 0 spiro atoms. The van der Waals surface area contributed by atoms with Gasteiger partial charge in [-0.15, -0.1) is 0 Å². The van der Waals surface area contributed by atoms with Crippen molar-refractivity contribution in [2.24, 2.45) is 0 Å². The molecule has 4 heteroatoms. The highest BCUT2D eigenvalue weighted by molar-refractivity contribution is 6.13. The first kappa shape index (κ1) is 13.6. The standard InChI is InChI=1S/C16H15ClFNO/c17-19-8-12-9-20-10-16-14(2-1-3-15(12)16)11-4-6-13(18)7-5-11/h1-7,12,19H,8-10H2. The molecule has 0 aromatic heterocycles. The predicted octanol–water partition coefficient (Wildman–Crippen LogP) is 3.85. The van der Waals surface area contributed by atoms with Gasteiger partial charge < -0.3 is 4.74 Å². The van der Waals surface area contributed by atoms with Crippen LogP contribution in [0.2, 0.25) is 0 Å². The third-order valence-corrected chi connectivity index (χ3v) is 3.85. The average Bonchev–Trinajstić information content (AvgIpc) is 2.48. The number of hydrogen-bond donors (Lipinski definition) is 1. The van der Waals surface area contributed by atoms with Crippen LogP contribution in [0.5, 0.6) is 0 Å². The van der Waals surface area contributed by atoms with Crippen LogP contribution in [0.15, 0.2) is 42.5 Å². The Morgan fingerprint density at radius 3 is 2.75 bits per heavy atom. The minimum atomic E-state index is -0.223. The fraction of sp³-hybridized carbons (Fsp3) is 0.250. The van der Waals surface area contributed by atoms with Gasteiger partial charge in [-0.25, -0.2) is 9.23 Å². The second kappa shape index (κ2) is 5.92. The Labute approximate surface area is 122 Å². The first-order valence-corrected chi connectivity index (χ1v) is 6.96. The Bertz CT molecular complexity index is 600. The van der Waals surface area contributed by atoms with Gasteiger partial charge in [0.1, 0.15) is 5.82 Å². The molecule has 0 fully saturated rings. The molecule has 3 rings (SSSR count). The van der Waals surface area contributed by atoms with Gasteiger partial charge in [0.15, 0.2) is 0 Å². The summed E-state index contributed by atoms with van der Waals surface area (Å²) in [7, 11) is 0. The molecule has 0 saturated heterocycles. The topological polar surface area (TPSA) is 21.3 Å². The quantitative estimate of drug-likeness (QED) is 0.867. The van der Waals surface area contributed by atoms with E-state index in [0.717, 1.165) is 11.1 Å². The van der Waals surface area contributed by atoms with E-state index in [1.807, 2.05) is 12.1 Å². The summed E-state index contributed by atoms with van der Waals surface area (Å²) in [6, 6.07) is 12.8. The highest BCUT2D eigenvalue weighted by Crippen LogP contribution is 2.34. The zero-order chi connectivity index (χ0) is 13.9. The first-order valence-electron chi connectivity index (χ1n) is 6.58. The first-order chi connectivity index (χ1) is 9.79. The molecule has 1 aliphatic heterocycles. The summed E-state index contributed by atoms with van der Waals surface area (Å²) < 4.78 is 18.7. The molecule has 1 atom stereocenters. The molecule has 104 valence electrons. The van der Waals surface area contributed by atoms with Gasteiger partial charge in [0.2, 0.25) is 0 Å². The number of hydrogen-bond acceptors (Lipinski definition) is 2. The van der Waals surface area contributed by atoms with Crippen molar-refractivity contribution in [2.45, 2.75) is 12.5 Å². The van der Waals surface area contributed by atoms with Crippen molar-refractivity contribution in [1.29, 1.82) is 0 Å². The lowest BCUT2D eigenvalue weighted by molar-refractivity contribution is 0.0924. The number of fused-ring (bicyclic) bond motifs is 1. The van der Waals surface area contributed by atoms with E-state index in [0.29, 0.717) is 19.8 Å². The lowest BCUT2D eigenvalue weighted by atomic mass is 9.88. The van der Waals surface area contributed by atoms with Gasteiger partial charge in [-0.05, 0) is 46.2 Å². The summed E-state index contributed by atoms with van der Waals surface area (Å²) in [6.07, 6.45) is 0. The van der Waals surface area contributed by atoms with E-state index in [1.165, 1.54) is 23.3 Å². The molecule has 2 aromatic rings. The molecule has 20 heavy (non-hydrogen) atoms. The second-order valence-corrected chi connectivity index (χ2v) is 5.20. The van der Waals surface area contributed by atoms with Crippen LogP contribution in [0.3, 0.4) is 0 Å². The van der Waals surface area contributed by atoms with Crippen LogP contribution in [0, 0.1) is 5.82 Å². The SMILES string of the molecule is Fc1ccc(-c2cccc3c2COCC3CNCl)cc1. The fourth-order valence-corrected chi connectivity index (χ4v) is 2.89. The van der Waals surface area contributed by atoms with Crippen molar-refractivity contribution in [3.63, 3.8) is 0 Å². The van der Waals surface area contributed by atoms with Crippen LogP contribution < -0.4 is 4.84 Å². The second-order valence-electron chi connectivity index (χ2n) is 4.93. The van der Waals surface area contributed by atoms with Crippen molar-refractivity contribution in [3.8, 4) is 11.1 Å². The molecule has 0 radical (unpaired) electrons. The maximum Gasteiger partial charge on any atom is 0.123 e. The lowest BCUT2D eigenvalue weighted by Crippen LogP contribution is -2.24. The van der Waals surface area contributed by atoms with E-state index in [4.69, 9.17) is 16.5 Å². The van der Waals surface area contributed by atoms with E-state index >= 15 is 0 Å². The zero-order valence-corrected chi connectivity index (χ0v) is 11.7. The Hall–Kier alpha value is -1.42. The smallest absolute Gasteiger partial charge is 0.123 e. The van der Waals surface area contributed by atoms with Gasteiger partial charge in [0.05, 0.1) is 13.2 Å². The highest BCUT2D eigenvalue weighted by atomic mass is 35.5. The molecule has 1 N–H and O–H groups in total. The Balaban J connectivity index is 2.05. The summed E-state index contributed by atoms with van der Waals surface area (Å²) in [5.41, 5.74) is 4.53. The average molecular weight is 292 g/mol. The largest absolute Gasteiger partial charge is 0.376 e. The monoisotopic (exact) mass is 291 g/mol. The van der Waals surface area contributed by atoms with Gasteiger partial charge in [-0.3, -0.25) is 0 Å². The molecule has 0 bridgehead atoms. The minimum Gasteiger partial charge on any atom is -0.376 e. The number of rotatable bonds is 3. The molecule has 1 heterocycles. The fourth-order valence-electron chi connectivity index (χ4n) is 2.70. The maximum atomic E-state index is 13.1. The molecule has 1 unspecified atom stereocenters. The molecule has 2 aromatic carbocycles. The van der Waals surface area contributed by atoms with Gasteiger partial charge in [-0.2, -0.15) is 0 Å². The molecular formula is C16H15ClFNO. The van der Waals surface area contributed by atoms with Crippen LogP contribution in [-0.4, -0.2) is 13.2 Å². The summed E-state index contributed by atoms with van der Waals surface area (Å²) in [4.78, 5) is 2.69. The van der Waals surface area contributed by atoms with Crippen molar-refractivity contribution in [1.82, 2.24) is 4.84 Å². The third-order valence-electron chi connectivity index (χ3n) is 3.70. The molecule has 0 saturated carbocycles. The van der Waals surface area contributed by atoms with E-state index in [1.54, 1.807) is 12.1 Å². The lowest BCUT2D eigenvalue weighted by Gasteiger charge is -2.27. The Morgan fingerprint density at radius 1 is 1.20 bits per heavy atom. The molecule has 2 nitrogen and oxygen atoms in total. The van der Waals surface area contributed by atoms with Crippen LogP contribution in [-0.2, 0) is 11.3 Å². The third kappa shape index (κ3) is 2.57. The predicted molar refractivity (Wildman–Crippen MR) is 78.1 cm³/mol. The van der Waals surface area contributed by atoms with Crippen molar-refractivity contribution < 1.29 is 9.13 Å². The van der Waals surface area contributed by atoms with Gasteiger partial charge in [-0.1, -0.05) is 30.3 Å². The Morgan fingerprint density at radius 2 is 2.00 bits per heavy atom. The van der Waals surface area contributed by atoms with Gasteiger partial charge >= 0.3 is 0 Å². The van der Waals surface area contributed by atoms with E-state index < -0.39 is 0 Å². The van der Waals surface area contributed by atoms with Crippen molar-refractivity contribution in [2.75, 3.05) is 13.2 Å². The number of benzene rings is 2. The summed E-state index contributed by atoms with van der Waals surface area (Å²) >= 11 is 5.63. The van der Waals surface area contributed by atoms with Gasteiger partial charge in [0.25, 0.3) is 0 Å². The summed E-state index contributed by atoms with van der Waals surface area (Å²) in [5.74, 6) is 0.0238. The highest BCUT2D eigenvalue weighted by Gasteiger charge is 2.22. The molecule has 0 amide bonds. The van der Waals surface area contributed by atoms with Gasteiger partial charge in [0, 0.05) is 12.5 Å². The van der Waals surface area contributed by atoms with Crippen molar-refractivity contribution >= 4 is 11.8 Å². The van der Waals surface area contributed by atoms with Crippen LogP contribution >= 0.6 is 11.8 Å². The number of nitrogens with one attached hydrogen (secondary N) is 1. The van der Waals surface area contributed by atoms with Crippen molar-refractivity contribution in [3.05, 3.63) is 59.4 Å². The zero-order valence-electron chi connectivity index (χ0n) is 10.9. The van der Waals surface area contributed by atoms with Crippen LogP contribution in [0.1, 0.15) is 17.0 Å². The molecule has 1 aliphatic rings. The van der Waals surface area contributed by atoms with E-state index in [-0.39, 0.29) is 11.7 Å². The maximum absolute atomic E-state index is 13.1. The molecular weight excluding hydrogens is 277 g/mol. The Kier molecular flexibility index (Phi) is 4.01. The van der Waals surface area contributed by atoms with Crippen LogP contribution in [0.25, 0.3) is 11.1 Å². The number of ether oxygens (including phenoxy) is 1.